The topological polar surface area (TPSA) is 99.0 Å². The molecular formula is C17H14BrN5O3. The van der Waals surface area contributed by atoms with E-state index >= 15 is 0 Å². The van der Waals surface area contributed by atoms with Crippen LogP contribution >= 0.6 is 15.9 Å². The molecule has 0 saturated heterocycles. The van der Waals surface area contributed by atoms with Crippen LogP contribution in [0.2, 0.25) is 0 Å². The van der Waals surface area contributed by atoms with Crippen molar-refractivity contribution in [1.29, 1.82) is 0 Å². The van der Waals surface area contributed by atoms with Crippen LogP contribution in [0.4, 0.5) is 5.69 Å². The molecule has 0 radical (unpaired) electrons. The SMILES string of the molecule is COC(=O)c1ccc(NC(=O)Cn2nnc(-c3ccc(Br)cc3)n2)cc1. The molecule has 2 aromatic carbocycles. The van der Waals surface area contributed by atoms with Crippen molar-refractivity contribution in [2.24, 2.45) is 0 Å². The average Bonchev–Trinajstić information content (AvgIpc) is 3.10. The van der Waals surface area contributed by atoms with Crippen LogP contribution in [0, 0.1) is 0 Å². The van der Waals surface area contributed by atoms with Gasteiger partial charge in [-0.1, -0.05) is 15.9 Å². The molecule has 0 aliphatic carbocycles. The van der Waals surface area contributed by atoms with Crippen LogP contribution in [0.5, 0.6) is 0 Å². The number of carbonyl (C=O) groups is 2. The Morgan fingerprint density at radius 3 is 2.46 bits per heavy atom. The highest BCUT2D eigenvalue weighted by Gasteiger charge is 2.10. The summed E-state index contributed by atoms with van der Waals surface area (Å²) in [5.74, 6) is -0.307. The number of anilines is 1. The summed E-state index contributed by atoms with van der Waals surface area (Å²) in [5.41, 5.74) is 1.76. The lowest BCUT2D eigenvalue weighted by atomic mass is 10.2. The Morgan fingerprint density at radius 2 is 1.81 bits per heavy atom. The van der Waals surface area contributed by atoms with Crippen molar-refractivity contribution in [2.75, 3.05) is 12.4 Å². The van der Waals surface area contributed by atoms with Crippen molar-refractivity contribution in [3.63, 3.8) is 0 Å². The lowest BCUT2D eigenvalue weighted by Crippen LogP contribution is -2.20. The van der Waals surface area contributed by atoms with Gasteiger partial charge in [-0.15, -0.1) is 10.2 Å². The van der Waals surface area contributed by atoms with Crippen molar-refractivity contribution in [2.45, 2.75) is 6.54 Å². The smallest absolute Gasteiger partial charge is 0.337 e. The third-order valence-electron chi connectivity index (χ3n) is 3.43. The summed E-state index contributed by atoms with van der Waals surface area (Å²) in [6.45, 7) is -0.0811. The molecule has 8 nitrogen and oxygen atoms in total. The number of nitrogens with zero attached hydrogens (tertiary/aromatic N) is 4. The van der Waals surface area contributed by atoms with Gasteiger partial charge in [-0.05, 0) is 53.7 Å². The number of methoxy groups -OCH3 is 1. The van der Waals surface area contributed by atoms with Gasteiger partial charge in [0.1, 0.15) is 6.54 Å². The Hall–Kier alpha value is -3.07. The van der Waals surface area contributed by atoms with Gasteiger partial charge >= 0.3 is 5.97 Å². The first kappa shape index (κ1) is 17.7. The second kappa shape index (κ2) is 7.87. The Morgan fingerprint density at radius 1 is 1.12 bits per heavy atom. The molecule has 9 heteroatoms. The minimum atomic E-state index is -0.435. The number of rotatable bonds is 5. The van der Waals surface area contributed by atoms with Crippen LogP contribution in [0.3, 0.4) is 0 Å². The highest BCUT2D eigenvalue weighted by molar-refractivity contribution is 9.10. The second-order valence-corrected chi connectivity index (χ2v) is 6.18. The molecule has 0 spiro atoms. The van der Waals surface area contributed by atoms with E-state index in [2.05, 4.69) is 41.4 Å². The number of halogens is 1. The van der Waals surface area contributed by atoms with Crippen molar-refractivity contribution in [3.05, 3.63) is 58.6 Å². The Labute approximate surface area is 157 Å². The number of hydrogen-bond acceptors (Lipinski definition) is 6. The van der Waals surface area contributed by atoms with Gasteiger partial charge < -0.3 is 10.1 Å². The molecule has 26 heavy (non-hydrogen) atoms. The number of amides is 1. The first-order valence-corrected chi connectivity index (χ1v) is 8.36. The maximum absolute atomic E-state index is 12.1. The number of benzene rings is 2. The van der Waals surface area contributed by atoms with E-state index in [9.17, 15) is 9.59 Å². The zero-order chi connectivity index (χ0) is 18.5. The summed E-state index contributed by atoms with van der Waals surface area (Å²) in [7, 11) is 1.31. The summed E-state index contributed by atoms with van der Waals surface area (Å²) in [4.78, 5) is 24.7. The van der Waals surface area contributed by atoms with Gasteiger partial charge in [-0.3, -0.25) is 4.79 Å². The molecular weight excluding hydrogens is 402 g/mol. The van der Waals surface area contributed by atoms with Crippen LogP contribution in [0.15, 0.2) is 53.0 Å². The Balaban J connectivity index is 1.61. The zero-order valence-corrected chi connectivity index (χ0v) is 15.3. The van der Waals surface area contributed by atoms with Crippen molar-refractivity contribution in [3.8, 4) is 11.4 Å². The predicted octanol–water partition coefficient (Wildman–Crippen LogP) is 2.53. The molecule has 1 aromatic heterocycles. The lowest BCUT2D eigenvalue weighted by Gasteiger charge is -2.05. The summed E-state index contributed by atoms with van der Waals surface area (Å²) in [5, 5.41) is 14.7. The number of carbonyl (C=O) groups excluding carboxylic acids is 2. The first-order valence-electron chi connectivity index (χ1n) is 7.57. The molecule has 1 amide bonds. The van der Waals surface area contributed by atoms with E-state index in [0.29, 0.717) is 17.1 Å². The van der Waals surface area contributed by atoms with Gasteiger partial charge in [-0.2, -0.15) is 4.80 Å². The molecule has 1 heterocycles. The van der Waals surface area contributed by atoms with Crippen LogP contribution in [-0.2, 0) is 16.1 Å². The fraction of sp³-hybridized carbons (Fsp3) is 0.118. The molecule has 3 aromatic rings. The van der Waals surface area contributed by atoms with E-state index in [4.69, 9.17) is 0 Å². The molecule has 132 valence electrons. The number of ether oxygens (including phenoxy) is 1. The normalized spacial score (nSPS) is 10.4. The van der Waals surface area contributed by atoms with Crippen LogP contribution in [0.25, 0.3) is 11.4 Å². The van der Waals surface area contributed by atoms with Gasteiger partial charge in [0.2, 0.25) is 11.7 Å². The Kier molecular flexibility index (Phi) is 5.37. The highest BCUT2D eigenvalue weighted by atomic mass is 79.9. The van der Waals surface area contributed by atoms with E-state index in [1.165, 1.54) is 11.9 Å². The molecule has 0 unspecified atom stereocenters. The van der Waals surface area contributed by atoms with E-state index < -0.39 is 5.97 Å². The molecule has 1 N–H and O–H groups in total. The van der Waals surface area contributed by atoms with Crippen LogP contribution in [0.1, 0.15) is 10.4 Å². The maximum Gasteiger partial charge on any atom is 0.337 e. The van der Waals surface area contributed by atoms with Gasteiger partial charge in [0.05, 0.1) is 12.7 Å². The van der Waals surface area contributed by atoms with Crippen LogP contribution < -0.4 is 5.32 Å². The van der Waals surface area contributed by atoms with Crippen molar-refractivity contribution in [1.82, 2.24) is 20.2 Å². The van der Waals surface area contributed by atoms with Gasteiger partial charge in [0.15, 0.2) is 0 Å². The number of esters is 1. The molecule has 0 atom stereocenters. The minimum Gasteiger partial charge on any atom is -0.465 e. The first-order chi connectivity index (χ1) is 12.5. The second-order valence-electron chi connectivity index (χ2n) is 5.27. The third kappa shape index (κ3) is 4.31. The van der Waals surface area contributed by atoms with E-state index in [1.54, 1.807) is 24.3 Å². The minimum absolute atomic E-state index is 0.0811. The molecule has 0 aliphatic rings. The molecule has 0 saturated carbocycles. The maximum atomic E-state index is 12.1. The fourth-order valence-electron chi connectivity index (χ4n) is 2.16. The average molecular weight is 416 g/mol. The van der Waals surface area contributed by atoms with E-state index in [0.717, 1.165) is 10.0 Å². The lowest BCUT2D eigenvalue weighted by molar-refractivity contribution is -0.117. The molecule has 3 rings (SSSR count). The molecule has 0 aliphatic heterocycles. The number of nitrogens with one attached hydrogen (secondary N) is 1. The van der Waals surface area contributed by atoms with Gasteiger partial charge in [0.25, 0.3) is 0 Å². The third-order valence-corrected chi connectivity index (χ3v) is 3.96. The number of tetrazole rings is 1. The summed E-state index contributed by atoms with van der Waals surface area (Å²) < 4.78 is 5.58. The quantitative estimate of drug-likeness (QED) is 0.642. The highest BCUT2D eigenvalue weighted by Crippen LogP contribution is 2.17. The zero-order valence-electron chi connectivity index (χ0n) is 13.7. The largest absolute Gasteiger partial charge is 0.465 e. The Bertz CT molecular complexity index is 922. The van der Waals surface area contributed by atoms with E-state index in [1.807, 2.05) is 24.3 Å². The fourth-order valence-corrected chi connectivity index (χ4v) is 2.43. The van der Waals surface area contributed by atoms with Crippen molar-refractivity contribution < 1.29 is 14.3 Å². The monoisotopic (exact) mass is 415 g/mol. The summed E-state index contributed by atoms with van der Waals surface area (Å²) in [6.07, 6.45) is 0. The van der Waals surface area contributed by atoms with Gasteiger partial charge in [-0.25, -0.2) is 4.79 Å². The predicted molar refractivity (Wildman–Crippen MR) is 97.4 cm³/mol. The van der Waals surface area contributed by atoms with Crippen molar-refractivity contribution >= 4 is 33.5 Å². The number of hydrogen-bond donors (Lipinski definition) is 1. The molecule has 0 fully saturated rings. The van der Waals surface area contributed by atoms with Gasteiger partial charge in [0, 0.05) is 15.7 Å². The summed E-state index contributed by atoms with van der Waals surface area (Å²) in [6, 6.07) is 13.8. The van der Waals surface area contributed by atoms with E-state index in [-0.39, 0.29) is 12.5 Å². The molecule has 0 bridgehead atoms. The summed E-state index contributed by atoms with van der Waals surface area (Å²) >= 11 is 3.36. The van der Waals surface area contributed by atoms with Crippen LogP contribution in [-0.4, -0.2) is 39.2 Å². The number of aromatic nitrogens is 4. The standard InChI is InChI=1S/C17H14BrN5O3/c1-26-17(25)12-4-8-14(9-5-12)19-15(24)10-23-21-16(20-22-23)11-2-6-13(18)7-3-11/h2-9H,10H2,1H3,(H,19,24).